The van der Waals surface area contributed by atoms with Crippen molar-refractivity contribution in [3.63, 3.8) is 0 Å². The van der Waals surface area contributed by atoms with E-state index < -0.39 is 23.0 Å². The van der Waals surface area contributed by atoms with Crippen LogP contribution in [0.15, 0.2) is 24.8 Å². The van der Waals surface area contributed by atoms with Gasteiger partial charge in [0.05, 0.1) is 16.6 Å². The van der Waals surface area contributed by atoms with Crippen LogP contribution in [0, 0.1) is 11.8 Å². The smallest absolute Gasteiger partial charge is 0.252 e. The predicted molar refractivity (Wildman–Crippen MR) is 95.0 cm³/mol. The van der Waals surface area contributed by atoms with Crippen molar-refractivity contribution in [2.75, 3.05) is 0 Å². The average molecular weight is 353 g/mol. The van der Waals surface area contributed by atoms with Gasteiger partial charge in [-0.25, -0.2) is 0 Å². The Kier molecular flexibility index (Phi) is 3.07. The molecule has 0 aromatic heterocycles. The normalized spacial score (nSPS) is 39.1. The van der Waals surface area contributed by atoms with Gasteiger partial charge in [-0.05, 0) is 55.6 Å². The Labute approximate surface area is 152 Å². The minimum absolute atomic E-state index is 0.0232. The first kappa shape index (κ1) is 16.1. The van der Waals surface area contributed by atoms with E-state index in [2.05, 4.69) is 6.58 Å². The minimum atomic E-state index is -0.980. The maximum absolute atomic E-state index is 12.8. The van der Waals surface area contributed by atoms with Crippen LogP contribution in [0.25, 0.3) is 0 Å². The lowest BCUT2D eigenvalue weighted by atomic mass is 9.43. The number of amides is 1. The molecular formula is C21H23NO4. The molecule has 1 aromatic carbocycles. The highest BCUT2D eigenvalue weighted by Gasteiger charge is 2.72. The third kappa shape index (κ3) is 1.61. The lowest BCUT2D eigenvalue weighted by Crippen LogP contribution is -2.71. The number of allylic oxidation sites excluding steroid dienone is 1. The van der Waals surface area contributed by atoms with Gasteiger partial charge in [0.1, 0.15) is 5.75 Å². The fourth-order valence-corrected chi connectivity index (χ4v) is 6.46. The Balaban J connectivity index is 1.80. The Morgan fingerprint density at radius 2 is 2.23 bits per heavy atom. The predicted octanol–water partition coefficient (Wildman–Crippen LogP) is 2.04. The molecule has 5 atom stereocenters. The van der Waals surface area contributed by atoms with Crippen LogP contribution in [0.5, 0.6) is 5.75 Å². The Morgan fingerprint density at radius 3 is 2.96 bits per heavy atom. The van der Waals surface area contributed by atoms with E-state index in [9.17, 15) is 14.7 Å². The van der Waals surface area contributed by atoms with Crippen LogP contribution in [0.1, 0.15) is 53.6 Å². The molecule has 4 aliphatic rings. The van der Waals surface area contributed by atoms with Crippen molar-refractivity contribution >= 4 is 11.7 Å². The summed E-state index contributed by atoms with van der Waals surface area (Å²) in [6.45, 7) is 3.89. The van der Waals surface area contributed by atoms with Crippen LogP contribution < -0.4 is 10.5 Å². The number of hydrogen-bond donors (Lipinski definition) is 2. The van der Waals surface area contributed by atoms with E-state index in [1.54, 1.807) is 6.07 Å². The summed E-state index contributed by atoms with van der Waals surface area (Å²) < 4.78 is 6.11. The highest BCUT2D eigenvalue weighted by atomic mass is 16.5. The minimum Gasteiger partial charge on any atom is -0.480 e. The molecule has 1 spiro atoms. The number of nitrogens with two attached hydrogens (primary N) is 1. The molecule has 3 aliphatic carbocycles. The quantitative estimate of drug-likeness (QED) is 0.814. The molecule has 1 heterocycles. The number of ketones is 1. The molecule has 3 N–H and O–H groups in total. The van der Waals surface area contributed by atoms with Crippen molar-refractivity contribution in [3.05, 3.63) is 41.5 Å². The first-order chi connectivity index (χ1) is 12.4. The number of carbonyl (C=O) groups excluding carboxylic acids is 2. The summed E-state index contributed by atoms with van der Waals surface area (Å²) in [4.78, 5) is 24.7. The average Bonchev–Trinajstić information content (AvgIpc) is 2.95. The topological polar surface area (TPSA) is 89.6 Å². The van der Waals surface area contributed by atoms with Gasteiger partial charge in [-0.15, -0.1) is 6.58 Å². The SMILES string of the molecule is C=CCC1CCC23c4c5ccc(C(N)=O)c4OC2C(=O)CCC3(O)C1C5. The van der Waals surface area contributed by atoms with E-state index in [1.807, 2.05) is 12.1 Å². The monoisotopic (exact) mass is 353 g/mol. The lowest BCUT2D eigenvalue weighted by Gasteiger charge is -2.61. The fourth-order valence-electron chi connectivity index (χ4n) is 6.46. The molecule has 1 aliphatic heterocycles. The summed E-state index contributed by atoms with van der Waals surface area (Å²) in [6, 6.07) is 3.64. The second-order valence-electron chi connectivity index (χ2n) is 8.33. The highest BCUT2D eigenvalue weighted by Crippen LogP contribution is 2.67. The second-order valence-corrected chi connectivity index (χ2v) is 8.33. The third-order valence-electron chi connectivity index (χ3n) is 7.46. The van der Waals surface area contributed by atoms with Gasteiger partial charge < -0.3 is 15.6 Å². The van der Waals surface area contributed by atoms with Crippen LogP contribution >= 0.6 is 0 Å². The van der Waals surface area contributed by atoms with Gasteiger partial charge in [-0.1, -0.05) is 12.1 Å². The molecule has 0 radical (unpaired) electrons. The molecule has 136 valence electrons. The van der Waals surface area contributed by atoms with Gasteiger partial charge in [-0.3, -0.25) is 9.59 Å². The molecular weight excluding hydrogens is 330 g/mol. The van der Waals surface area contributed by atoms with Gasteiger partial charge in [0.25, 0.3) is 5.91 Å². The summed E-state index contributed by atoms with van der Waals surface area (Å²) >= 11 is 0. The second kappa shape index (κ2) is 4.97. The number of hydrogen-bond acceptors (Lipinski definition) is 4. The Bertz CT molecular complexity index is 862. The number of primary amides is 1. The maximum atomic E-state index is 12.8. The van der Waals surface area contributed by atoms with Crippen molar-refractivity contribution in [2.24, 2.45) is 17.6 Å². The van der Waals surface area contributed by atoms with Crippen LogP contribution in [0.3, 0.4) is 0 Å². The van der Waals surface area contributed by atoms with E-state index >= 15 is 0 Å². The number of rotatable bonds is 3. The van der Waals surface area contributed by atoms with Gasteiger partial charge in [0.15, 0.2) is 11.9 Å². The molecule has 2 bridgehead atoms. The Morgan fingerprint density at radius 1 is 1.42 bits per heavy atom. The van der Waals surface area contributed by atoms with Gasteiger partial charge >= 0.3 is 0 Å². The van der Waals surface area contributed by atoms with E-state index in [0.29, 0.717) is 36.5 Å². The van der Waals surface area contributed by atoms with Crippen LogP contribution in [-0.2, 0) is 16.6 Å². The van der Waals surface area contributed by atoms with Crippen molar-refractivity contribution in [1.82, 2.24) is 0 Å². The number of benzene rings is 1. The van der Waals surface area contributed by atoms with E-state index in [1.165, 1.54) is 0 Å². The first-order valence-corrected chi connectivity index (χ1v) is 9.43. The molecule has 0 saturated heterocycles. The van der Waals surface area contributed by atoms with Gasteiger partial charge in [-0.2, -0.15) is 0 Å². The number of ether oxygens (including phenoxy) is 1. The fraction of sp³-hybridized carbons (Fsp3) is 0.524. The molecule has 2 saturated carbocycles. The summed E-state index contributed by atoms with van der Waals surface area (Å²) in [5.41, 5.74) is 6.12. The van der Waals surface area contributed by atoms with Crippen LogP contribution in [0.4, 0.5) is 0 Å². The largest absolute Gasteiger partial charge is 0.480 e. The third-order valence-corrected chi connectivity index (χ3v) is 7.46. The van der Waals surface area contributed by atoms with E-state index in [4.69, 9.17) is 10.5 Å². The molecule has 1 aromatic rings. The van der Waals surface area contributed by atoms with Crippen LogP contribution in [0.2, 0.25) is 0 Å². The zero-order valence-electron chi connectivity index (χ0n) is 14.7. The van der Waals surface area contributed by atoms with E-state index in [-0.39, 0.29) is 11.7 Å². The molecule has 2 fully saturated rings. The molecule has 5 unspecified atom stereocenters. The number of carbonyl (C=O) groups is 2. The lowest BCUT2D eigenvalue weighted by molar-refractivity contribution is -0.188. The first-order valence-electron chi connectivity index (χ1n) is 9.43. The molecule has 1 amide bonds. The summed E-state index contributed by atoms with van der Waals surface area (Å²) in [6.07, 6.45) is 5.22. The Hall–Kier alpha value is -2.14. The van der Waals surface area contributed by atoms with E-state index in [0.717, 1.165) is 30.4 Å². The number of Topliss-reactive ketones (excluding diaryl/α,β-unsaturated/α-hetero) is 1. The highest BCUT2D eigenvalue weighted by molar-refractivity contribution is 5.98. The van der Waals surface area contributed by atoms with Crippen LogP contribution in [-0.4, -0.2) is 28.5 Å². The molecule has 5 heteroatoms. The van der Waals surface area contributed by atoms with Crippen molar-refractivity contribution in [3.8, 4) is 5.75 Å². The van der Waals surface area contributed by atoms with Crippen molar-refractivity contribution in [2.45, 2.75) is 55.6 Å². The molecule has 5 nitrogen and oxygen atoms in total. The molecule has 5 rings (SSSR count). The zero-order valence-corrected chi connectivity index (χ0v) is 14.7. The summed E-state index contributed by atoms with van der Waals surface area (Å²) in [5, 5.41) is 12.0. The molecule has 26 heavy (non-hydrogen) atoms. The zero-order chi connectivity index (χ0) is 18.3. The standard InChI is InChI=1S/C21H23NO4/c1-2-3-11-6-8-20-16-12-4-5-13(19(22)24)17(16)26-18(20)15(23)7-9-21(20,25)14(11)10-12/h2,4-5,11,14,18,25H,1,3,6-10H2,(H2,22,24). The van der Waals surface area contributed by atoms with Gasteiger partial charge in [0, 0.05) is 12.0 Å². The summed E-state index contributed by atoms with van der Waals surface area (Å²) in [7, 11) is 0. The van der Waals surface area contributed by atoms with Gasteiger partial charge in [0.2, 0.25) is 0 Å². The maximum Gasteiger partial charge on any atom is 0.252 e. The van der Waals surface area contributed by atoms with Crippen molar-refractivity contribution in [1.29, 1.82) is 0 Å². The van der Waals surface area contributed by atoms with Crippen molar-refractivity contribution < 1.29 is 19.4 Å². The number of aliphatic hydroxyl groups is 1. The summed E-state index contributed by atoms with van der Waals surface area (Å²) in [5.74, 6) is 0.331.